The summed E-state index contributed by atoms with van der Waals surface area (Å²) in [4.78, 5) is 33.1. The van der Waals surface area contributed by atoms with Gasteiger partial charge in [-0.15, -0.1) is 0 Å². The molecular formula is C15H18N8O3. The van der Waals surface area contributed by atoms with Crippen molar-refractivity contribution < 1.29 is 14.5 Å². The second-order valence-electron chi connectivity index (χ2n) is 6.02. The van der Waals surface area contributed by atoms with Gasteiger partial charge in [-0.2, -0.15) is 20.3 Å². The molecule has 2 unspecified atom stereocenters. The Hall–Kier alpha value is -3.37. The fourth-order valence-electron chi connectivity index (χ4n) is 2.80. The van der Waals surface area contributed by atoms with E-state index in [1.807, 2.05) is 0 Å². The highest BCUT2D eigenvalue weighted by Gasteiger charge is 2.43. The lowest BCUT2D eigenvalue weighted by Gasteiger charge is -2.25. The van der Waals surface area contributed by atoms with Crippen molar-refractivity contribution in [3.8, 4) is 0 Å². The van der Waals surface area contributed by atoms with E-state index in [0.29, 0.717) is 23.2 Å². The largest absolute Gasteiger partial charge is 0.362 e. The van der Waals surface area contributed by atoms with E-state index in [4.69, 9.17) is 9.68 Å². The SMILES string of the molecule is CC1=NC(C(=O)C2N=C(C)ON2c2cnn(C)c2)N(c2cnn(C)c2)O1. The summed E-state index contributed by atoms with van der Waals surface area (Å²) in [6.07, 6.45) is 4.92. The maximum Gasteiger partial charge on any atom is 0.228 e. The number of hydroxylamine groups is 2. The Labute approximate surface area is 149 Å². The van der Waals surface area contributed by atoms with E-state index >= 15 is 0 Å². The molecule has 0 bridgehead atoms. The van der Waals surface area contributed by atoms with Gasteiger partial charge in [-0.3, -0.25) is 14.2 Å². The van der Waals surface area contributed by atoms with Gasteiger partial charge in [-0.1, -0.05) is 0 Å². The minimum Gasteiger partial charge on any atom is -0.362 e. The highest BCUT2D eigenvalue weighted by Crippen LogP contribution is 2.28. The highest BCUT2D eigenvalue weighted by atomic mass is 16.7. The maximum atomic E-state index is 13.2. The molecule has 0 N–H and O–H groups in total. The van der Waals surface area contributed by atoms with Crippen LogP contribution in [-0.2, 0) is 28.6 Å². The second kappa shape index (κ2) is 5.86. The molecule has 11 nitrogen and oxygen atoms in total. The van der Waals surface area contributed by atoms with Crippen LogP contribution in [0.4, 0.5) is 11.4 Å². The van der Waals surface area contributed by atoms with Gasteiger partial charge in [0.1, 0.15) is 11.4 Å². The number of hydrogen-bond acceptors (Lipinski definition) is 9. The molecule has 0 saturated carbocycles. The molecule has 0 spiro atoms. The number of aryl methyl sites for hydroxylation is 2. The quantitative estimate of drug-likeness (QED) is 0.780. The Bertz CT molecular complexity index is 841. The fourth-order valence-corrected chi connectivity index (χ4v) is 2.80. The first-order valence-corrected chi connectivity index (χ1v) is 7.96. The van der Waals surface area contributed by atoms with Gasteiger partial charge in [0.2, 0.25) is 29.9 Å². The Balaban J connectivity index is 1.64. The average molecular weight is 358 g/mol. The molecule has 2 aromatic heterocycles. The van der Waals surface area contributed by atoms with Gasteiger partial charge in [0.15, 0.2) is 0 Å². The number of Topliss-reactive ketones (excluding diaryl/α,β-unsaturated/α-hetero) is 1. The molecule has 2 aliphatic heterocycles. The third kappa shape index (κ3) is 2.66. The number of carbonyl (C=O) groups is 1. The van der Waals surface area contributed by atoms with Crippen LogP contribution in [0.25, 0.3) is 0 Å². The molecule has 0 amide bonds. The van der Waals surface area contributed by atoms with Gasteiger partial charge in [-0.05, 0) is 0 Å². The molecule has 11 heteroatoms. The number of carbonyl (C=O) groups excluding carboxylic acids is 1. The van der Waals surface area contributed by atoms with Crippen molar-refractivity contribution in [2.75, 3.05) is 10.1 Å². The van der Waals surface area contributed by atoms with Crippen molar-refractivity contribution >= 4 is 29.0 Å². The maximum absolute atomic E-state index is 13.2. The summed E-state index contributed by atoms with van der Waals surface area (Å²) in [5.74, 6) is 0.492. The molecule has 2 aromatic rings. The van der Waals surface area contributed by atoms with E-state index in [9.17, 15) is 4.79 Å². The summed E-state index contributed by atoms with van der Waals surface area (Å²) in [5, 5.41) is 11.1. The van der Waals surface area contributed by atoms with Crippen molar-refractivity contribution in [2.45, 2.75) is 26.2 Å². The normalized spacial score (nSPS) is 22.2. The second-order valence-corrected chi connectivity index (χ2v) is 6.02. The number of ketones is 1. The third-order valence-corrected chi connectivity index (χ3v) is 3.91. The smallest absolute Gasteiger partial charge is 0.228 e. The Morgan fingerprint density at radius 3 is 1.65 bits per heavy atom. The Morgan fingerprint density at radius 2 is 1.31 bits per heavy atom. The number of anilines is 2. The molecule has 2 aliphatic rings. The molecule has 0 saturated heterocycles. The third-order valence-electron chi connectivity index (χ3n) is 3.91. The summed E-state index contributed by atoms with van der Waals surface area (Å²) in [6, 6.07) is 0. The van der Waals surface area contributed by atoms with Gasteiger partial charge in [0, 0.05) is 27.9 Å². The van der Waals surface area contributed by atoms with Crippen LogP contribution in [0.1, 0.15) is 13.8 Å². The molecule has 0 aromatic carbocycles. The fraction of sp³-hybridized carbons (Fsp3) is 0.400. The lowest BCUT2D eigenvalue weighted by molar-refractivity contribution is -0.122. The lowest BCUT2D eigenvalue weighted by Crippen LogP contribution is -2.46. The van der Waals surface area contributed by atoms with E-state index in [1.165, 1.54) is 10.1 Å². The number of aliphatic imine (C=N–C) groups is 2. The number of hydrogen-bond donors (Lipinski definition) is 0. The zero-order valence-corrected chi connectivity index (χ0v) is 14.8. The summed E-state index contributed by atoms with van der Waals surface area (Å²) in [5.41, 5.74) is 1.25. The standard InChI is InChI=1S/C15H18N8O3/c1-9-18-14(22(25-9)11-5-16-20(3)7-11)13(24)15-19-10(2)26-23(15)12-6-17-21(4)8-12/h5-8,14-15H,1-4H3. The van der Waals surface area contributed by atoms with Crippen molar-refractivity contribution in [1.82, 2.24) is 19.6 Å². The van der Waals surface area contributed by atoms with Gasteiger partial charge in [0.25, 0.3) is 0 Å². The first kappa shape index (κ1) is 16.1. The number of rotatable bonds is 4. The average Bonchev–Trinajstić information content (AvgIpc) is 3.34. The molecule has 0 radical (unpaired) electrons. The van der Waals surface area contributed by atoms with Crippen molar-refractivity contribution in [3.63, 3.8) is 0 Å². The molecule has 26 heavy (non-hydrogen) atoms. The lowest BCUT2D eigenvalue weighted by atomic mass is 10.2. The van der Waals surface area contributed by atoms with E-state index in [0.717, 1.165) is 0 Å². The minimum absolute atomic E-state index is 0.286. The van der Waals surface area contributed by atoms with Crippen molar-refractivity contribution in [1.29, 1.82) is 0 Å². The van der Waals surface area contributed by atoms with E-state index < -0.39 is 12.3 Å². The topological polar surface area (TPSA) is 102 Å². The van der Waals surface area contributed by atoms with E-state index in [-0.39, 0.29) is 5.78 Å². The minimum atomic E-state index is -0.887. The predicted octanol–water partition coefficient (Wildman–Crippen LogP) is 0.415. The number of aromatic nitrogens is 4. The van der Waals surface area contributed by atoms with Crippen LogP contribution in [0.15, 0.2) is 34.8 Å². The van der Waals surface area contributed by atoms with Crippen LogP contribution in [0.2, 0.25) is 0 Å². The molecule has 0 fully saturated rings. The molecule has 136 valence electrons. The van der Waals surface area contributed by atoms with Gasteiger partial charge in [0.05, 0.1) is 24.8 Å². The summed E-state index contributed by atoms with van der Waals surface area (Å²) < 4.78 is 3.24. The number of nitrogens with zero attached hydrogens (tertiary/aromatic N) is 8. The first-order valence-electron chi connectivity index (χ1n) is 7.96. The zero-order valence-electron chi connectivity index (χ0n) is 14.8. The molecule has 2 atom stereocenters. The monoisotopic (exact) mass is 358 g/mol. The Morgan fingerprint density at radius 1 is 0.885 bits per heavy atom. The Kier molecular flexibility index (Phi) is 3.63. The van der Waals surface area contributed by atoms with Crippen LogP contribution >= 0.6 is 0 Å². The van der Waals surface area contributed by atoms with Crippen molar-refractivity contribution in [3.05, 3.63) is 24.8 Å². The summed E-state index contributed by atoms with van der Waals surface area (Å²) in [6.45, 7) is 3.38. The molecule has 4 rings (SSSR count). The predicted molar refractivity (Wildman–Crippen MR) is 92.3 cm³/mol. The van der Waals surface area contributed by atoms with E-state index in [2.05, 4.69) is 20.2 Å². The van der Waals surface area contributed by atoms with Crippen LogP contribution < -0.4 is 10.1 Å². The van der Waals surface area contributed by atoms with Crippen LogP contribution in [0, 0.1) is 0 Å². The van der Waals surface area contributed by atoms with Crippen LogP contribution in [0.5, 0.6) is 0 Å². The highest BCUT2D eigenvalue weighted by molar-refractivity contribution is 5.99. The zero-order chi connectivity index (χ0) is 18.4. The van der Waals surface area contributed by atoms with Gasteiger partial charge in [-0.25, -0.2) is 9.98 Å². The van der Waals surface area contributed by atoms with Crippen molar-refractivity contribution in [2.24, 2.45) is 24.1 Å². The molecule has 0 aliphatic carbocycles. The first-order chi connectivity index (χ1) is 12.4. The summed E-state index contributed by atoms with van der Waals surface area (Å²) >= 11 is 0. The van der Waals surface area contributed by atoms with Gasteiger partial charge >= 0.3 is 0 Å². The van der Waals surface area contributed by atoms with Crippen LogP contribution in [0.3, 0.4) is 0 Å². The summed E-state index contributed by atoms with van der Waals surface area (Å²) in [7, 11) is 3.57. The van der Waals surface area contributed by atoms with Crippen LogP contribution in [-0.4, -0.2) is 49.5 Å². The molecule has 4 heterocycles. The molecular weight excluding hydrogens is 340 g/mol. The van der Waals surface area contributed by atoms with Gasteiger partial charge < -0.3 is 9.68 Å². The van der Waals surface area contributed by atoms with E-state index in [1.54, 1.807) is 62.1 Å².